The predicted octanol–water partition coefficient (Wildman–Crippen LogP) is 2.32. The van der Waals surface area contributed by atoms with Gasteiger partial charge in [-0.1, -0.05) is 32.0 Å². The van der Waals surface area contributed by atoms with E-state index in [9.17, 15) is 14.7 Å². The molecule has 0 radical (unpaired) electrons. The third kappa shape index (κ3) is 4.18. The van der Waals surface area contributed by atoms with E-state index in [-0.39, 0.29) is 18.3 Å². The van der Waals surface area contributed by atoms with Gasteiger partial charge < -0.3 is 14.6 Å². The van der Waals surface area contributed by atoms with Gasteiger partial charge >= 0.3 is 5.97 Å². The standard InChI is InChI=1S/C17H19NO5/c1-11(19)22-10-17(2,3)15-16(21)18-14(23-15)9-8-12-6-4-5-7-13(12)20/h4-9,15,20H,10H2,1-3H3/b9-8+. The number of hydrogen-bond donors (Lipinski definition) is 1. The summed E-state index contributed by atoms with van der Waals surface area (Å²) in [6, 6.07) is 6.79. The Balaban J connectivity index is 2.05. The summed E-state index contributed by atoms with van der Waals surface area (Å²) in [5.41, 5.74) is -0.106. The molecule has 1 heterocycles. The molecule has 0 fully saturated rings. The monoisotopic (exact) mass is 317 g/mol. The highest BCUT2D eigenvalue weighted by molar-refractivity contribution is 6.06. The maximum Gasteiger partial charge on any atom is 0.302 e. The van der Waals surface area contributed by atoms with Crippen LogP contribution in [0.1, 0.15) is 26.3 Å². The average molecular weight is 317 g/mol. The fraction of sp³-hybridized carbons (Fsp3) is 0.353. The zero-order valence-electron chi connectivity index (χ0n) is 13.3. The molecule has 1 aromatic carbocycles. The summed E-state index contributed by atoms with van der Waals surface area (Å²) in [7, 11) is 0. The minimum Gasteiger partial charge on any atom is -0.507 e. The van der Waals surface area contributed by atoms with Gasteiger partial charge in [0.2, 0.25) is 5.90 Å². The SMILES string of the molecule is CC(=O)OCC(C)(C)C1OC(/C=C/c2ccccc2O)=NC1=O. The van der Waals surface area contributed by atoms with Crippen molar-refractivity contribution in [2.75, 3.05) is 6.61 Å². The molecule has 1 amide bonds. The zero-order chi connectivity index (χ0) is 17.0. The Labute approximate surface area is 134 Å². The molecule has 1 aliphatic rings. The number of benzene rings is 1. The molecule has 2 rings (SSSR count). The lowest BCUT2D eigenvalue weighted by Gasteiger charge is -2.28. The predicted molar refractivity (Wildman–Crippen MR) is 84.9 cm³/mol. The average Bonchev–Trinajstić information content (AvgIpc) is 2.86. The van der Waals surface area contributed by atoms with Crippen molar-refractivity contribution in [3.63, 3.8) is 0 Å². The smallest absolute Gasteiger partial charge is 0.302 e. The highest BCUT2D eigenvalue weighted by Gasteiger charge is 2.42. The van der Waals surface area contributed by atoms with Gasteiger partial charge in [0.15, 0.2) is 6.10 Å². The summed E-state index contributed by atoms with van der Waals surface area (Å²) < 4.78 is 10.5. The Morgan fingerprint density at radius 2 is 2.09 bits per heavy atom. The molecule has 23 heavy (non-hydrogen) atoms. The van der Waals surface area contributed by atoms with Crippen LogP contribution in [-0.2, 0) is 19.1 Å². The number of esters is 1. The Hall–Kier alpha value is -2.63. The number of phenols is 1. The first kappa shape index (κ1) is 16.7. The number of carbonyl (C=O) groups excluding carboxylic acids is 2. The van der Waals surface area contributed by atoms with Crippen molar-refractivity contribution in [3.8, 4) is 5.75 Å². The molecule has 122 valence electrons. The van der Waals surface area contributed by atoms with Crippen LogP contribution in [0.5, 0.6) is 5.75 Å². The van der Waals surface area contributed by atoms with E-state index in [2.05, 4.69) is 4.99 Å². The summed E-state index contributed by atoms with van der Waals surface area (Å²) in [4.78, 5) is 26.8. The van der Waals surface area contributed by atoms with E-state index < -0.39 is 23.4 Å². The molecule has 1 unspecified atom stereocenters. The van der Waals surface area contributed by atoms with E-state index in [1.54, 1.807) is 44.2 Å². The molecule has 1 aromatic rings. The van der Waals surface area contributed by atoms with Crippen LogP contribution in [0.15, 0.2) is 35.3 Å². The van der Waals surface area contributed by atoms with Crippen LogP contribution in [0.25, 0.3) is 6.08 Å². The molecule has 0 bridgehead atoms. The normalized spacial score (nSPS) is 18.0. The summed E-state index contributed by atoms with van der Waals surface area (Å²) in [6.45, 7) is 4.91. The first-order chi connectivity index (χ1) is 10.8. The maximum atomic E-state index is 12.0. The van der Waals surface area contributed by atoms with Gasteiger partial charge in [-0.05, 0) is 12.1 Å². The van der Waals surface area contributed by atoms with Crippen molar-refractivity contribution in [1.82, 2.24) is 0 Å². The minimum absolute atomic E-state index is 0.0602. The second kappa shape index (κ2) is 6.64. The lowest BCUT2D eigenvalue weighted by Crippen LogP contribution is -2.39. The van der Waals surface area contributed by atoms with Gasteiger partial charge in [-0.15, -0.1) is 0 Å². The Kier molecular flexibility index (Phi) is 4.83. The van der Waals surface area contributed by atoms with E-state index in [4.69, 9.17) is 9.47 Å². The molecule has 0 aliphatic carbocycles. The maximum absolute atomic E-state index is 12.0. The summed E-state index contributed by atoms with van der Waals surface area (Å²) >= 11 is 0. The van der Waals surface area contributed by atoms with Crippen LogP contribution >= 0.6 is 0 Å². The number of carbonyl (C=O) groups is 2. The highest BCUT2D eigenvalue weighted by atomic mass is 16.5. The molecular formula is C17H19NO5. The Morgan fingerprint density at radius 1 is 1.39 bits per heavy atom. The van der Waals surface area contributed by atoms with Gasteiger partial charge in [-0.2, -0.15) is 4.99 Å². The van der Waals surface area contributed by atoms with Crippen LogP contribution in [0.2, 0.25) is 0 Å². The first-order valence-corrected chi connectivity index (χ1v) is 7.18. The van der Waals surface area contributed by atoms with Crippen molar-refractivity contribution < 1.29 is 24.2 Å². The number of aromatic hydroxyl groups is 1. The second-order valence-corrected chi connectivity index (χ2v) is 5.95. The van der Waals surface area contributed by atoms with Gasteiger partial charge in [0.25, 0.3) is 5.91 Å². The van der Waals surface area contributed by atoms with E-state index >= 15 is 0 Å². The van der Waals surface area contributed by atoms with Crippen molar-refractivity contribution >= 4 is 23.9 Å². The fourth-order valence-corrected chi connectivity index (χ4v) is 2.09. The topological polar surface area (TPSA) is 85.2 Å². The van der Waals surface area contributed by atoms with E-state index in [0.717, 1.165) is 0 Å². The quantitative estimate of drug-likeness (QED) is 0.842. The van der Waals surface area contributed by atoms with Crippen molar-refractivity contribution in [3.05, 3.63) is 35.9 Å². The number of rotatable bonds is 5. The van der Waals surface area contributed by atoms with Crippen molar-refractivity contribution in [2.24, 2.45) is 10.4 Å². The van der Waals surface area contributed by atoms with E-state index in [1.165, 1.54) is 13.0 Å². The molecule has 6 nitrogen and oxygen atoms in total. The highest BCUT2D eigenvalue weighted by Crippen LogP contribution is 2.29. The molecule has 1 atom stereocenters. The first-order valence-electron chi connectivity index (χ1n) is 7.18. The van der Waals surface area contributed by atoms with Crippen LogP contribution in [0, 0.1) is 5.41 Å². The van der Waals surface area contributed by atoms with Crippen molar-refractivity contribution in [2.45, 2.75) is 26.9 Å². The van der Waals surface area contributed by atoms with Gasteiger partial charge in [-0.3, -0.25) is 9.59 Å². The van der Waals surface area contributed by atoms with Gasteiger partial charge in [-0.25, -0.2) is 0 Å². The van der Waals surface area contributed by atoms with Gasteiger partial charge in [0, 0.05) is 24.0 Å². The molecule has 0 spiro atoms. The molecule has 0 saturated heterocycles. The zero-order valence-corrected chi connectivity index (χ0v) is 13.3. The number of para-hydroxylation sites is 1. The summed E-state index contributed by atoms with van der Waals surface area (Å²) in [5.74, 6) is -0.539. The second-order valence-electron chi connectivity index (χ2n) is 5.95. The summed E-state index contributed by atoms with van der Waals surface area (Å²) in [6.07, 6.45) is 2.32. The lowest BCUT2D eigenvalue weighted by molar-refractivity contribution is -0.148. The van der Waals surface area contributed by atoms with Crippen LogP contribution < -0.4 is 0 Å². The molecule has 0 aromatic heterocycles. The minimum atomic E-state index is -0.814. The lowest BCUT2D eigenvalue weighted by atomic mass is 9.87. The van der Waals surface area contributed by atoms with Crippen molar-refractivity contribution in [1.29, 1.82) is 0 Å². The van der Waals surface area contributed by atoms with Crippen LogP contribution in [-0.4, -0.2) is 35.6 Å². The third-order valence-corrected chi connectivity index (χ3v) is 3.38. The third-order valence-electron chi connectivity index (χ3n) is 3.38. The van der Waals surface area contributed by atoms with Gasteiger partial charge in [0.1, 0.15) is 12.4 Å². The number of nitrogens with zero attached hydrogens (tertiary/aromatic N) is 1. The molecule has 0 saturated carbocycles. The van der Waals surface area contributed by atoms with E-state index in [1.807, 2.05) is 0 Å². The Bertz CT molecular complexity index is 675. The molecule has 1 N–H and O–H groups in total. The summed E-state index contributed by atoms with van der Waals surface area (Å²) in [5, 5.41) is 9.69. The molecule has 1 aliphatic heterocycles. The Morgan fingerprint density at radius 3 is 2.74 bits per heavy atom. The number of phenolic OH excluding ortho intramolecular Hbond substituents is 1. The van der Waals surface area contributed by atoms with Gasteiger partial charge in [0.05, 0.1) is 0 Å². The molecule has 6 heteroatoms. The van der Waals surface area contributed by atoms with Crippen LogP contribution in [0.4, 0.5) is 0 Å². The van der Waals surface area contributed by atoms with E-state index in [0.29, 0.717) is 5.56 Å². The van der Waals surface area contributed by atoms with Crippen LogP contribution in [0.3, 0.4) is 0 Å². The number of aliphatic imine (C=N–C) groups is 1. The number of hydrogen-bond acceptors (Lipinski definition) is 5. The largest absolute Gasteiger partial charge is 0.507 e. The fourth-order valence-electron chi connectivity index (χ4n) is 2.09. The number of amides is 1. The number of ether oxygens (including phenoxy) is 2. The molecular weight excluding hydrogens is 298 g/mol.